The minimum Gasteiger partial charge on any atom is -0.380 e. The number of rotatable bonds is 8. The number of ether oxygens (including phenoxy) is 1. The molecule has 21 heavy (non-hydrogen) atoms. The highest BCUT2D eigenvalue weighted by Gasteiger charge is 2.43. The van der Waals surface area contributed by atoms with Crippen LogP contribution in [0.3, 0.4) is 0 Å². The van der Waals surface area contributed by atoms with E-state index < -0.39 is 0 Å². The average Bonchev–Trinajstić information content (AvgIpc) is 3.31. The van der Waals surface area contributed by atoms with Gasteiger partial charge in [-0.15, -0.1) is 0 Å². The molecular weight excluding hydrogens is 262 g/mol. The molecular formula is C17H27N3O. The van der Waals surface area contributed by atoms with Crippen molar-refractivity contribution >= 4 is 5.96 Å². The molecule has 0 radical (unpaired) electrons. The number of aliphatic imine (C=N–C) groups is 1. The van der Waals surface area contributed by atoms with Crippen LogP contribution in [0.15, 0.2) is 35.3 Å². The first kappa shape index (κ1) is 15.8. The maximum Gasteiger partial charge on any atom is 0.191 e. The third-order valence-electron chi connectivity index (χ3n) is 3.87. The van der Waals surface area contributed by atoms with Crippen LogP contribution < -0.4 is 10.6 Å². The van der Waals surface area contributed by atoms with Crippen molar-refractivity contribution in [3.8, 4) is 0 Å². The predicted molar refractivity (Wildman–Crippen MR) is 87.8 cm³/mol. The van der Waals surface area contributed by atoms with Gasteiger partial charge in [-0.05, 0) is 32.3 Å². The van der Waals surface area contributed by atoms with Gasteiger partial charge in [0.05, 0.1) is 13.2 Å². The van der Waals surface area contributed by atoms with Crippen molar-refractivity contribution in [3.63, 3.8) is 0 Å². The van der Waals surface area contributed by atoms with Crippen LogP contribution in [-0.2, 0) is 10.2 Å². The first-order valence-electron chi connectivity index (χ1n) is 7.96. The number of guanidine groups is 1. The van der Waals surface area contributed by atoms with E-state index in [4.69, 9.17) is 9.73 Å². The largest absolute Gasteiger partial charge is 0.380 e. The van der Waals surface area contributed by atoms with Crippen LogP contribution in [0.1, 0.15) is 32.3 Å². The Morgan fingerprint density at radius 1 is 1.19 bits per heavy atom. The molecule has 116 valence electrons. The molecule has 0 atom stereocenters. The van der Waals surface area contributed by atoms with Gasteiger partial charge in [-0.2, -0.15) is 0 Å². The van der Waals surface area contributed by atoms with Crippen molar-refractivity contribution < 1.29 is 4.74 Å². The Labute approximate surface area is 128 Å². The molecule has 0 aromatic heterocycles. The van der Waals surface area contributed by atoms with Gasteiger partial charge in [-0.1, -0.05) is 30.3 Å². The van der Waals surface area contributed by atoms with Crippen molar-refractivity contribution in [1.82, 2.24) is 10.6 Å². The highest BCUT2D eigenvalue weighted by atomic mass is 16.5. The Morgan fingerprint density at radius 3 is 2.57 bits per heavy atom. The fraction of sp³-hybridized carbons (Fsp3) is 0.588. The van der Waals surface area contributed by atoms with Crippen molar-refractivity contribution in [2.24, 2.45) is 4.99 Å². The summed E-state index contributed by atoms with van der Waals surface area (Å²) in [6, 6.07) is 10.7. The third-order valence-corrected chi connectivity index (χ3v) is 3.87. The molecule has 0 heterocycles. The molecule has 1 aromatic rings. The summed E-state index contributed by atoms with van der Waals surface area (Å²) < 4.78 is 5.34. The standard InChI is InChI=1S/C17H27N3O/c1-3-18-16(19-12-13-21-4-2)20-14-17(10-11-17)15-8-6-5-7-9-15/h5-9H,3-4,10-14H2,1-2H3,(H2,18,19,20). The van der Waals surface area contributed by atoms with Gasteiger partial charge in [0.2, 0.25) is 0 Å². The van der Waals surface area contributed by atoms with Crippen molar-refractivity contribution in [2.45, 2.75) is 32.1 Å². The van der Waals surface area contributed by atoms with Gasteiger partial charge in [-0.25, -0.2) is 0 Å². The highest BCUT2D eigenvalue weighted by molar-refractivity contribution is 5.79. The summed E-state index contributed by atoms with van der Waals surface area (Å²) in [6.45, 7) is 8.08. The molecule has 1 aliphatic carbocycles. The fourth-order valence-corrected chi connectivity index (χ4v) is 2.44. The zero-order valence-electron chi connectivity index (χ0n) is 13.2. The van der Waals surface area contributed by atoms with E-state index in [2.05, 4.69) is 47.9 Å². The number of hydrogen-bond donors (Lipinski definition) is 2. The molecule has 0 bridgehead atoms. The molecule has 0 amide bonds. The zero-order valence-corrected chi connectivity index (χ0v) is 13.2. The second kappa shape index (κ2) is 8.03. The van der Waals surface area contributed by atoms with Crippen LogP contribution in [0.4, 0.5) is 0 Å². The lowest BCUT2D eigenvalue weighted by molar-refractivity contribution is 0.152. The summed E-state index contributed by atoms with van der Waals surface area (Å²) in [4.78, 5) is 4.76. The average molecular weight is 289 g/mol. The minimum atomic E-state index is 0.267. The molecule has 0 unspecified atom stereocenters. The summed E-state index contributed by atoms with van der Waals surface area (Å²) in [7, 11) is 0. The lowest BCUT2D eigenvalue weighted by Gasteiger charge is -2.16. The molecule has 4 nitrogen and oxygen atoms in total. The fourth-order valence-electron chi connectivity index (χ4n) is 2.44. The Morgan fingerprint density at radius 2 is 1.95 bits per heavy atom. The van der Waals surface area contributed by atoms with E-state index >= 15 is 0 Å². The van der Waals surface area contributed by atoms with Crippen molar-refractivity contribution in [3.05, 3.63) is 35.9 Å². The Hall–Kier alpha value is -1.55. The van der Waals surface area contributed by atoms with E-state index in [1.54, 1.807) is 0 Å². The quantitative estimate of drug-likeness (QED) is 0.438. The normalized spacial score (nSPS) is 16.6. The summed E-state index contributed by atoms with van der Waals surface area (Å²) in [5.74, 6) is 0.888. The summed E-state index contributed by atoms with van der Waals surface area (Å²) in [5.41, 5.74) is 1.68. The summed E-state index contributed by atoms with van der Waals surface area (Å²) in [6.07, 6.45) is 2.47. The van der Waals surface area contributed by atoms with Crippen LogP contribution in [0.5, 0.6) is 0 Å². The Bertz CT molecular complexity index is 441. The van der Waals surface area contributed by atoms with E-state index in [9.17, 15) is 0 Å². The molecule has 1 aliphatic rings. The van der Waals surface area contributed by atoms with Crippen LogP contribution in [-0.4, -0.2) is 38.8 Å². The minimum absolute atomic E-state index is 0.267. The van der Waals surface area contributed by atoms with Gasteiger partial charge in [0, 0.05) is 25.1 Å². The van der Waals surface area contributed by atoms with Crippen LogP contribution in [0.25, 0.3) is 0 Å². The number of hydrogen-bond acceptors (Lipinski definition) is 2. The summed E-state index contributed by atoms with van der Waals surface area (Å²) in [5, 5.41) is 6.62. The van der Waals surface area contributed by atoms with E-state index in [1.165, 1.54) is 18.4 Å². The van der Waals surface area contributed by atoms with E-state index in [1.807, 2.05) is 6.92 Å². The molecule has 0 saturated heterocycles. The van der Waals surface area contributed by atoms with E-state index in [0.29, 0.717) is 6.61 Å². The van der Waals surface area contributed by atoms with E-state index in [-0.39, 0.29) is 5.41 Å². The van der Waals surface area contributed by atoms with Gasteiger partial charge in [-0.3, -0.25) is 4.99 Å². The topological polar surface area (TPSA) is 45.7 Å². The molecule has 2 N–H and O–H groups in total. The first-order valence-corrected chi connectivity index (χ1v) is 7.96. The first-order chi connectivity index (χ1) is 10.3. The number of nitrogens with zero attached hydrogens (tertiary/aromatic N) is 1. The van der Waals surface area contributed by atoms with Crippen molar-refractivity contribution in [1.29, 1.82) is 0 Å². The smallest absolute Gasteiger partial charge is 0.191 e. The monoisotopic (exact) mass is 289 g/mol. The van der Waals surface area contributed by atoms with Crippen LogP contribution in [0, 0.1) is 0 Å². The van der Waals surface area contributed by atoms with Gasteiger partial charge in [0.1, 0.15) is 0 Å². The third kappa shape index (κ3) is 4.74. The molecule has 4 heteroatoms. The molecule has 1 aromatic carbocycles. The van der Waals surface area contributed by atoms with E-state index in [0.717, 1.165) is 32.2 Å². The highest BCUT2D eigenvalue weighted by Crippen LogP contribution is 2.48. The zero-order chi connectivity index (χ0) is 15.0. The maximum absolute atomic E-state index is 5.34. The maximum atomic E-state index is 5.34. The molecule has 2 rings (SSSR count). The second-order valence-electron chi connectivity index (χ2n) is 5.47. The lowest BCUT2D eigenvalue weighted by Crippen LogP contribution is -2.39. The summed E-state index contributed by atoms with van der Waals surface area (Å²) >= 11 is 0. The molecule has 1 fully saturated rings. The van der Waals surface area contributed by atoms with Gasteiger partial charge < -0.3 is 15.4 Å². The van der Waals surface area contributed by atoms with Gasteiger partial charge in [0.25, 0.3) is 0 Å². The molecule has 0 spiro atoms. The van der Waals surface area contributed by atoms with Gasteiger partial charge >= 0.3 is 0 Å². The lowest BCUT2D eigenvalue weighted by atomic mass is 9.96. The predicted octanol–water partition coefficient (Wildman–Crippen LogP) is 2.31. The van der Waals surface area contributed by atoms with Crippen LogP contribution >= 0.6 is 0 Å². The SMILES string of the molecule is CCNC(=NCC1(c2ccccc2)CC1)NCCOCC. The number of benzene rings is 1. The molecule has 0 aliphatic heterocycles. The van der Waals surface area contributed by atoms with Gasteiger partial charge in [0.15, 0.2) is 5.96 Å². The Balaban J connectivity index is 1.90. The molecule has 1 saturated carbocycles. The van der Waals surface area contributed by atoms with Crippen molar-refractivity contribution in [2.75, 3.05) is 32.8 Å². The van der Waals surface area contributed by atoms with Crippen LogP contribution in [0.2, 0.25) is 0 Å². The second-order valence-corrected chi connectivity index (χ2v) is 5.47. The Kier molecular flexibility index (Phi) is 6.05. The number of nitrogens with one attached hydrogen (secondary N) is 2.